The second-order valence-electron chi connectivity index (χ2n) is 9.66. The van der Waals surface area contributed by atoms with E-state index in [-0.39, 0.29) is 0 Å². The molecule has 0 amide bonds. The first-order valence-electron chi connectivity index (χ1n) is 14.4. The summed E-state index contributed by atoms with van der Waals surface area (Å²) in [6, 6.07) is 0. The molecule has 208 valence electrons. The summed E-state index contributed by atoms with van der Waals surface area (Å²) in [5.74, 6) is 0. The predicted molar refractivity (Wildman–Crippen MR) is 143 cm³/mol. The van der Waals surface area contributed by atoms with Crippen molar-refractivity contribution in [1.29, 1.82) is 0 Å². The van der Waals surface area contributed by atoms with E-state index in [1.165, 1.54) is 142 Å². The van der Waals surface area contributed by atoms with Crippen LogP contribution in [0.4, 0.5) is 0 Å². The molecular weight excluding hydrogens is 450 g/mol. The number of unbranched alkanes of at least 4 members (excludes halogenated alkanes) is 18. The lowest BCUT2D eigenvalue weighted by molar-refractivity contribution is -0.901. The van der Waals surface area contributed by atoms with E-state index in [1.54, 1.807) is 4.90 Å². The third-order valence-corrected chi connectivity index (χ3v) is 6.85. The molecule has 0 aromatic carbocycles. The summed E-state index contributed by atoms with van der Waals surface area (Å²) in [7, 11) is -3.60. The summed E-state index contributed by atoms with van der Waals surface area (Å²) in [6.45, 7) is 8.43. The minimum absolute atomic E-state index is 0.352. The highest BCUT2D eigenvalue weighted by atomic mass is 32.3. The molecule has 2 N–H and O–H groups in total. The molecule has 7 heteroatoms. The normalized spacial score (nSPS) is 11.6. The number of hydrogen-bond acceptors (Lipinski definition) is 5. The molecule has 0 aromatic heterocycles. The number of aliphatic hydroxyl groups is 1. The molecule has 0 saturated heterocycles. The van der Waals surface area contributed by atoms with Gasteiger partial charge in [-0.05, 0) is 25.7 Å². The maximum atomic E-state index is 9.34. The highest BCUT2D eigenvalue weighted by molar-refractivity contribution is 7.80. The first-order valence-corrected chi connectivity index (χ1v) is 15.7. The third-order valence-electron chi connectivity index (χ3n) is 6.44. The Hall–Kier alpha value is -0.210. The van der Waals surface area contributed by atoms with E-state index in [2.05, 4.69) is 18.0 Å². The molecule has 0 aliphatic rings. The second kappa shape index (κ2) is 29.0. The minimum Gasteiger partial charge on any atom is -0.726 e. The van der Waals surface area contributed by atoms with Crippen LogP contribution in [0, 0.1) is 0 Å². The summed E-state index contributed by atoms with van der Waals surface area (Å²) >= 11 is 0. The fourth-order valence-corrected chi connectivity index (χ4v) is 4.26. The highest BCUT2D eigenvalue weighted by Crippen LogP contribution is 2.11. The van der Waals surface area contributed by atoms with Crippen LogP contribution >= 0.6 is 0 Å². The van der Waals surface area contributed by atoms with Gasteiger partial charge >= 0.3 is 0 Å². The molecule has 0 saturated carbocycles. The lowest BCUT2D eigenvalue weighted by Crippen LogP contribution is -3.12. The first kappa shape index (κ1) is 35.9. The Morgan fingerprint density at radius 1 is 0.588 bits per heavy atom. The van der Waals surface area contributed by atoms with E-state index in [4.69, 9.17) is 0 Å². The Bertz CT molecular complexity index is 450. The zero-order chi connectivity index (χ0) is 25.8. The molecule has 0 unspecified atom stereocenters. The van der Waals surface area contributed by atoms with Gasteiger partial charge in [0.15, 0.2) is 0 Å². The summed E-state index contributed by atoms with van der Waals surface area (Å²) in [5, 5.41) is 9.34. The minimum atomic E-state index is -4.41. The smallest absolute Gasteiger partial charge is 0.217 e. The van der Waals surface area contributed by atoms with Crippen molar-refractivity contribution in [3.8, 4) is 0 Å². The van der Waals surface area contributed by atoms with Gasteiger partial charge in [0, 0.05) is 0 Å². The van der Waals surface area contributed by atoms with Crippen LogP contribution in [0.1, 0.15) is 142 Å². The molecule has 0 bridgehead atoms. The lowest BCUT2D eigenvalue weighted by atomic mass is 10.1. The largest absolute Gasteiger partial charge is 0.726 e. The van der Waals surface area contributed by atoms with Crippen LogP contribution in [-0.2, 0) is 14.6 Å². The Kier molecular flexibility index (Phi) is 30.7. The maximum absolute atomic E-state index is 9.34. The van der Waals surface area contributed by atoms with Gasteiger partial charge in [0.05, 0.1) is 26.8 Å². The molecule has 0 radical (unpaired) electrons. The van der Waals surface area contributed by atoms with E-state index < -0.39 is 10.4 Å². The van der Waals surface area contributed by atoms with E-state index >= 15 is 0 Å². The van der Waals surface area contributed by atoms with E-state index in [0.29, 0.717) is 6.61 Å². The predicted octanol–water partition coefficient (Wildman–Crippen LogP) is 5.80. The van der Waals surface area contributed by atoms with Gasteiger partial charge in [0.1, 0.15) is 6.54 Å². The average molecular weight is 510 g/mol. The van der Waals surface area contributed by atoms with Gasteiger partial charge in [0.25, 0.3) is 0 Å². The van der Waals surface area contributed by atoms with E-state index in [9.17, 15) is 18.1 Å². The molecule has 6 nitrogen and oxygen atoms in total. The van der Waals surface area contributed by atoms with Crippen LogP contribution < -0.4 is 4.90 Å². The van der Waals surface area contributed by atoms with Crippen LogP contribution in [0.5, 0.6) is 0 Å². The van der Waals surface area contributed by atoms with Gasteiger partial charge in [0.2, 0.25) is 10.4 Å². The number of hydrogen-bond donors (Lipinski definition) is 2. The molecule has 0 spiro atoms. The summed E-state index contributed by atoms with van der Waals surface area (Å²) in [5.41, 5.74) is 0. The van der Waals surface area contributed by atoms with Crippen LogP contribution in [-0.4, -0.2) is 51.4 Å². The number of nitrogens with one attached hydrogen (secondary N) is 1. The Labute approximate surface area is 213 Å². The van der Waals surface area contributed by atoms with Crippen molar-refractivity contribution in [3.05, 3.63) is 0 Å². The van der Waals surface area contributed by atoms with Gasteiger partial charge in [-0.1, -0.05) is 117 Å². The number of rotatable bonds is 25. The fraction of sp³-hybridized carbons (Fsp3) is 1.00. The third kappa shape index (κ3) is 34.0. The summed E-state index contributed by atoms with van der Waals surface area (Å²) in [4.78, 5) is 1.64. The molecule has 0 rings (SSSR count). The molecule has 0 heterocycles. The molecule has 0 aliphatic heterocycles. The van der Waals surface area contributed by atoms with Gasteiger partial charge < -0.3 is 14.6 Å². The van der Waals surface area contributed by atoms with E-state index in [0.717, 1.165) is 13.7 Å². The van der Waals surface area contributed by atoms with Crippen LogP contribution in [0.2, 0.25) is 0 Å². The van der Waals surface area contributed by atoms with Gasteiger partial charge in [-0.3, -0.25) is 4.18 Å². The first-order chi connectivity index (χ1) is 16.4. The van der Waals surface area contributed by atoms with Crippen molar-refractivity contribution < 1.29 is 27.2 Å². The summed E-state index contributed by atoms with van der Waals surface area (Å²) < 4.78 is 31.0. The molecule has 0 aromatic rings. The molecule has 34 heavy (non-hydrogen) atoms. The zero-order valence-electron chi connectivity index (χ0n) is 23.0. The Balaban J connectivity index is 0. The topological polar surface area (TPSA) is 91.1 Å². The van der Waals surface area contributed by atoms with Crippen molar-refractivity contribution in [1.82, 2.24) is 0 Å². The standard InChI is InChI=1S/C26H55NO.CH4O4S/c1-3-5-7-9-11-13-15-17-19-21-23-27(25-26-28)24-22-20-18-16-14-12-10-8-6-4-2;1-5-6(2,3)4/h28H,3-26H2,1-2H3;1H3,(H,2,3,4). The molecular formula is C27H59NO5S. The monoisotopic (exact) mass is 509 g/mol. The van der Waals surface area contributed by atoms with Crippen molar-refractivity contribution in [2.24, 2.45) is 0 Å². The van der Waals surface area contributed by atoms with Gasteiger partial charge in [-0.2, -0.15) is 0 Å². The Morgan fingerprint density at radius 2 is 0.853 bits per heavy atom. The second-order valence-corrected chi connectivity index (χ2v) is 10.8. The maximum Gasteiger partial charge on any atom is 0.217 e. The average Bonchev–Trinajstić information content (AvgIpc) is 2.81. The van der Waals surface area contributed by atoms with Gasteiger partial charge in [-0.25, -0.2) is 8.42 Å². The van der Waals surface area contributed by atoms with Crippen molar-refractivity contribution >= 4 is 10.4 Å². The summed E-state index contributed by atoms with van der Waals surface area (Å²) in [6.07, 6.45) is 28.3. The molecule has 0 aliphatic carbocycles. The fourth-order valence-electron chi connectivity index (χ4n) is 4.26. The van der Waals surface area contributed by atoms with Crippen LogP contribution in [0.3, 0.4) is 0 Å². The quantitative estimate of drug-likeness (QED) is 0.0922. The molecule has 0 atom stereocenters. The van der Waals surface area contributed by atoms with Crippen molar-refractivity contribution in [2.45, 2.75) is 142 Å². The van der Waals surface area contributed by atoms with Crippen molar-refractivity contribution in [3.63, 3.8) is 0 Å². The lowest BCUT2D eigenvalue weighted by Gasteiger charge is -2.18. The van der Waals surface area contributed by atoms with Gasteiger partial charge in [-0.15, -0.1) is 0 Å². The van der Waals surface area contributed by atoms with Crippen LogP contribution in [0.15, 0.2) is 0 Å². The highest BCUT2D eigenvalue weighted by Gasteiger charge is 2.07. The number of quaternary nitrogens is 1. The van der Waals surface area contributed by atoms with Crippen molar-refractivity contribution in [2.75, 3.05) is 33.4 Å². The molecule has 0 fully saturated rings. The Morgan fingerprint density at radius 3 is 1.09 bits per heavy atom. The van der Waals surface area contributed by atoms with E-state index in [1.807, 2.05) is 0 Å². The zero-order valence-corrected chi connectivity index (χ0v) is 23.8. The SMILES string of the molecule is CCCCCCCCCCCC[NH+](CCO)CCCCCCCCCCCC.COS(=O)(=O)[O-]. The number of aliphatic hydroxyl groups excluding tert-OH is 1. The van der Waals surface area contributed by atoms with Crippen LogP contribution in [0.25, 0.3) is 0 Å².